The Morgan fingerprint density at radius 3 is 2.60 bits per heavy atom. The summed E-state index contributed by atoms with van der Waals surface area (Å²) >= 11 is 7.57. The molecule has 1 atom stereocenters. The van der Waals surface area contributed by atoms with E-state index in [0.717, 1.165) is 18.8 Å². The minimum absolute atomic E-state index is 0.703. The second-order valence-corrected chi connectivity index (χ2v) is 6.52. The molecule has 0 aromatic carbocycles. The maximum Gasteiger partial charge on any atom is 0.188 e. The number of halogens is 1. The van der Waals surface area contributed by atoms with E-state index in [2.05, 4.69) is 13.8 Å². The first-order valence-corrected chi connectivity index (χ1v) is 7.28. The molecule has 4 heteroatoms. The molecule has 0 amide bonds. The fraction of sp³-hybridized carbons (Fsp3) is 1.00. The highest BCUT2D eigenvalue weighted by Gasteiger charge is 2.02. The van der Waals surface area contributed by atoms with Gasteiger partial charge in [0.1, 0.15) is 0 Å². The molecule has 0 radical (unpaired) electrons. The average molecular weight is 201 g/mol. The highest BCUT2D eigenvalue weighted by atomic mass is 35.7. The summed E-state index contributed by atoms with van der Waals surface area (Å²) in [6.07, 6.45) is 2.23. The third-order valence-electron chi connectivity index (χ3n) is 0.794. The molecule has 0 saturated heterocycles. The Balaban J connectivity index is 3.00. The molecule has 1 nitrogen and oxygen atoms in total. The van der Waals surface area contributed by atoms with Crippen LogP contribution < -0.4 is 0 Å². The maximum atomic E-state index is 5.84. The zero-order valence-corrected chi connectivity index (χ0v) is 8.94. The Kier molecular flexibility index (Phi) is 8.97. The molecular weight excluding hydrogens is 187 g/mol. The van der Waals surface area contributed by atoms with Gasteiger partial charge in [0, 0.05) is 5.75 Å². The molecule has 0 aromatic rings. The van der Waals surface area contributed by atoms with Crippen LogP contribution >= 0.6 is 29.3 Å². The van der Waals surface area contributed by atoms with Gasteiger partial charge in [-0.05, 0) is 12.8 Å². The van der Waals surface area contributed by atoms with Gasteiger partial charge in [0.25, 0.3) is 0 Å². The third kappa shape index (κ3) is 7.14. The Morgan fingerprint density at radius 1 is 1.40 bits per heavy atom. The molecule has 0 bridgehead atoms. The number of hydrogen-bond acceptors (Lipinski definition) is 2. The van der Waals surface area contributed by atoms with Crippen molar-refractivity contribution in [2.75, 3.05) is 12.4 Å². The molecule has 1 unspecified atom stereocenters. The van der Waals surface area contributed by atoms with E-state index in [-0.39, 0.29) is 0 Å². The first kappa shape index (κ1) is 11.0. The van der Waals surface area contributed by atoms with Crippen LogP contribution in [0.25, 0.3) is 0 Å². The predicted molar refractivity (Wildman–Crippen MR) is 51.8 cm³/mol. The Bertz CT molecular complexity index is 66.8. The summed E-state index contributed by atoms with van der Waals surface area (Å²) in [5.41, 5.74) is 0. The number of hydrogen-bond donors (Lipinski definition) is 0. The van der Waals surface area contributed by atoms with Crippen molar-refractivity contribution in [2.24, 2.45) is 0 Å². The summed E-state index contributed by atoms with van der Waals surface area (Å²) in [5.74, 6) is 1.11. The van der Waals surface area contributed by atoms with Crippen molar-refractivity contribution in [1.29, 1.82) is 0 Å². The maximum absolute atomic E-state index is 5.84. The molecule has 0 heterocycles. The molecule has 10 heavy (non-hydrogen) atoms. The Hall–Kier alpha value is 1.03. The molecule has 62 valence electrons. The van der Waals surface area contributed by atoms with Crippen molar-refractivity contribution in [3.63, 3.8) is 0 Å². The fourth-order valence-corrected chi connectivity index (χ4v) is 3.34. The normalized spacial score (nSPS) is 13.5. The van der Waals surface area contributed by atoms with Gasteiger partial charge in [-0.15, -0.1) is 0 Å². The third-order valence-corrected chi connectivity index (χ3v) is 4.62. The highest BCUT2D eigenvalue weighted by Crippen LogP contribution is 2.55. The van der Waals surface area contributed by atoms with Gasteiger partial charge in [0.15, 0.2) is 6.70 Å². The van der Waals surface area contributed by atoms with Crippen molar-refractivity contribution in [1.82, 2.24) is 0 Å². The summed E-state index contributed by atoms with van der Waals surface area (Å²) in [7, 11) is 0. The average Bonchev–Trinajstić information content (AvgIpc) is 1.97. The molecule has 0 aliphatic rings. The van der Waals surface area contributed by atoms with Gasteiger partial charge in [-0.25, -0.2) is 0 Å². The fourth-order valence-electron chi connectivity index (χ4n) is 0.363. The van der Waals surface area contributed by atoms with Crippen LogP contribution in [-0.4, -0.2) is 12.4 Å². The van der Waals surface area contributed by atoms with Gasteiger partial charge < -0.3 is 4.52 Å². The van der Waals surface area contributed by atoms with Gasteiger partial charge in [0.2, 0.25) is 0 Å². The summed E-state index contributed by atoms with van der Waals surface area (Å²) < 4.78 is 5.29. The Labute approximate surface area is 73.2 Å². The Morgan fingerprint density at radius 2 is 2.10 bits per heavy atom. The van der Waals surface area contributed by atoms with E-state index in [1.807, 2.05) is 0 Å². The largest absolute Gasteiger partial charge is 0.335 e. The van der Waals surface area contributed by atoms with Crippen LogP contribution in [0.2, 0.25) is 0 Å². The molecule has 0 aliphatic heterocycles. The minimum atomic E-state index is -0.703. The first-order chi connectivity index (χ1) is 4.81. The lowest BCUT2D eigenvalue weighted by molar-refractivity contribution is 0.366. The molecule has 0 rings (SSSR count). The van der Waals surface area contributed by atoms with Gasteiger partial charge >= 0.3 is 0 Å². The van der Waals surface area contributed by atoms with E-state index >= 15 is 0 Å². The van der Waals surface area contributed by atoms with E-state index in [1.54, 1.807) is 11.4 Å². The first-order valence-electron chi connectivity index (χ1n) is 3.53. The monoisotopic (exact) mass is 200 g/mol. The van der Waals surface area contributed by atoms with Crippen LogP contribution in [0.1, 0.15) is 26.7 Å². The van der Waals surface area contributed by atoms with Gasteiger partial charge in [-0.3, -0.25) is 0 Å². The quantitative estimate of drug-likeness (QED) is 0.599. The van der Waals surface area contributed by atoms with Crippen LogP contribution in [-0.2, 0) is 4.52 Å². The zero-order valence-electron chi connectivity index (χ0n) is 6.47. The van der Waals surface area contributed by atoms with E-state index in [0.29, 0.717) is 0 Å². The van der Waals surface area contributed by atoms with Crippen LogP contribution in [0.4, 0.5) is 0 Å². The van der Waals surface area contributed by atoms with Crippen molar-refractivity contribution in [2.45, 2.75) is 26.7 Å². The van der Waals surface area contributed by atoms with E-state index in [4.69, 9.17) is 15.8 Å². The van der Waals surface area contributed by atoms with Crippen LogP contribution in [0.3, 0.4) is 0 Å². The number of rotatable bonds is 6. The lowest BCUT2D eigenvalue weighted by Crippen LogP contribution is -1.81. The topological polar surface area (TPSA) is 9.23 Å². The van der Waals surface area contributed by atoms with Crippen molar-refractivity contribution < 1.29 is 4.52 Å². The SMILES string of the molecule is CCCOP(Cl)SCCC. The minimum Gasteiger partial charge on any atom is -0.335 e. The molecular formula is C6H14ClOPS. The van der Waals surface area contributed by atoms with Crippen molar-refractivity contribution in [3.8, 4) is 0 Å². The van der Waals surface area contributed by atoms with Gasteiger partial charge in [-0.1, -0.05) is 36.5 Å². The smallest absolute Gasteiger partial charge is 0.188 e. The predicted octanol–water partition coefficient (Wildman–Crippen LogP) is 4.02. The van der Waals surface area contributed by atoms with Crippen LogP contribution in [0.15, 0.2) is 0 Å². The van der Waals surface area contributed by atoms with E-state index in [9.17, 15) is 0 Å². The summed E-state index contributed by atoms with van der Waals surface area (Å²) in [4.78, 5) is 0. The van der Waals surface area contributed by atoms with Crippen LogP contribution in [0.5, 0.6) is 0 Å². The molecule has 0 aromatic heterocycles. The molecule has 0 N–H and O–H groups in total. The lowest BCUT2D eigenvalue weighted by Gasteiger charge is -2.06. The standard InChI is InChI=1S/C6H14ClOPS/c1-3-5-8-9(7)10-6-4-2/h3-6H2,1-2H3. The van der Waals surface area contributed by atoms with E-state index < -0.39 is 6.70 Å². The highest BCUT2D eigenvalue weighted by molar-refractivity contribution is 8.61. The molecule has 0 spiro atoms. The summed E-state index contributed by atoms with van der Waals surface area (Å²) in [6, 6.07) is 0. The van der Waals surface area contributed by atoms with Crippen LogP contribution in [0, 0.1) is 0 Å². The molecule has 0 aliphatic carbocycles. The van der Waals surface area contributed by atoms with Gasteiger partial charge in [-0.2, -0.15) is 0 Å². The molecule has 0 saturated carbocycles. The second-order valence-electron chi connectivity index (χ2n) is 1.88. The molecule has 0 fully saturated rings. The van der Waals surface area contributed by atoms with Crippen molar-refractivity contribution in [3.05, 3.63) is 0 Å². The summed E-state index contributed by atoms with van der Waals surface area (Å²) in [5, 5.41) is 0. The van der Waals surface area contributed by atoms with Crippen molar-refractivity contribution >= 4 is 29.3 Å². The lowest BCUT2D eigenvalue weighted by atomic mass is 10.5. The zero-order chi connectivity index (χ0) is 7.82. The van der Waals surface area contributed by atoms with Gasteiger partial charge in [0.05, 0.1) is 6.61 Å². The summed E-state index contributed by atoms with van der Waals surface area (Å²) in [6.45, 7) is 4.33. The van der Waals surface area contributed by atoms with E-state index in [1.165, 1.54) is 6.42 Å². The second kappa shape index (κ2) is 8.13.